The Morgan fingerprint density at radius 3 is 2.73 bits per heavy atom. The average molecular weight is 361 g/mol. The number of likely N-dealkylation sites (tertiary alicyclic amines) is 1. The molecule has 1 aromatic heterocycles. The molecule has 0 spiro atoms. The SMILES string of the molecule is CN=C(NCC1(C(=O)N(C)C)CCCC1)N1CCC(c2cnn(C)c2)C1. The summed E-state index contributed by atoms with van der Waals surface area (Å²) >= 11 is 0. The van der Waals surface area contributed by atoms with Crippen LogP contribution in [0.4, 0.5) is 0 Å². The fourth-order valence-electron chi connectivity index (χ4n) is 4.45. The largest absolute Gasteiger partial charge is 0.355 e. The third-order valence-electron chi connectivity index (χ3n) is 5.90. The van der Waals surface area contributed by atoms with Crippen molar-refractivity contribution in [3.63, 3.8) is 0 Å². The Labute approximate surface area is 156 Å². The van der Waals surface area contributed by atoms with Crippen LogP contribution in [0.2, 0.25) is 0 Å². The lowest BCUT2D eigenvalue weighted by Gasteiger charge is -2.32. The van der Waals surface area contributed by atoms with Crippen LogP contribution in [0.25, 0.3) is 0 Å². The Morgan fingerprint density at radius 1 is 1.42 bits per heavy atom. The van der Waals surface area contributed by atoms with Gasteiger partial charge in [0.15, 0.2) is 5.96 Å². The van der Waals surface area contributed by atoms with Crippen LogP contribution in [0.5, 0.6) is 0 Å². The summed E-state index contributed by atoms with van der Waals surface area (Å²) in [7, 11) is 7.50. The summed E-state index contributed by atoms with van der Waals surface area (Å²) < 4.78 is 1.86. The van der Waals surface area contributed by atoms with Gasteiger partial charge in [0.05, 0.1) is 11.6 Å². The molecule has 2 aliphatic rings. The Morgan fingerprint density at radius 2 is 2.15 bits per heavy atom. The lowest BCUT2D eigenvalue weighted by molar-refractivity contribution is -0.138. The first kappa shape index (κ1) is 18.7. The molecule has 7 heteroatoms. The van der Waals surface area contributed by atoms with E-state index in [1.807, 2.05) is 39.1 Å². The van der Waals surface area contributed by atoms with Crippen molar-refractivity contribution in [1.82, 2.24) is 24.9 Å². The highest BCUT2D eigenvalue weighted by Crippen LogP contribution is 2.39. The van der Waals surface area contributed by atoms with Crippen molar-refractivity contribution >= 4 is 11.9 Å². The second-order valence-electron chi connectivity index (χ2n) is 7.97. The van der Waals surface area contributed by atoms with Crippen molar-refractivity contribution in [1.29, 1.82) is 0 Å². The normalized spacial score (nSPS) is 22.7. The number of aromatic nitrogens is 2. The van der Waals surface area contributed by atoms with E-state index in [0.29, 0.717) is 12.5 Å². The van der Waals surface area contributed by atoms with Gasteiger partial charge in [0, 0.05) is 59.9 Å². The van der Waals surface area contributed by atoms with Crippen LogP contribution in [-0.2, 0) is 11.8 Å². The fraction of sp³-hybridized carbons (Fsp3) is 0.737. The van der Waals surface area contributed by atoms with Gasteiger partial charge in [0.1, 0.15) is 0 Å². The Balaban J connectivity index is 1.62. The molecule has 1 unspecified atom stereocenters. The van der Waals surface area contributed by atoms with E-state index in [2.05, 4.69) is 26.5 Å². The highest BCUT2D eigenvalue weighted by Gasteiger charge is 2.42. The van der Waals surface area contributed by atoms with E-state index in [9.17, 15) is 4.79 Å². The van der Waals surface area contributed by atoms with Gasteiger partial charge < -0.3 is 15.1 Å². The highest BCUT2D eigenvalue weighted by atomic mass is 16.2. The van der Waals surface area contributed by atoms with E-state index in [1.54, 1.807) is 4.90 Å². The van der Waals surface area contributed by atoms with E-state index in [0.717, 1.165) is 51.2 Å². The minimum absolute atomic E-state index is 0.243. The standard InChI is InChI=1S/C19H32N6O/c1-20-18(21-14-19(8-5-6-9-19)17(26)23(2)3)25-10-7-15(13-25)16-11-22-24(4)12-16/h11-12,15H,5-10,13-14H2,1-4H3,(H,20,21). The molecular formula is C19H32N6O. The molecule has 2 fully saturated rings. The third kappa shape index (κ3) is 3.71. The van der Waals surface area contributed by atoms with Gasteiger partial charge in [-0.3, -0.25) is 14.5 Å². The van der Waals surface area contributed by atoms with E-state index >= 15 is 0 Å². The molecule has 3 rings (SSSR count). The van der Waals surface area contributed by atoms with Gasteiger partial charge in [-0.1, -0.05) is 12.8 Å². The zero-order valence-corrected chi connectivity index (χ0v) is 16.5. The molecule has 2 heterocycles. The topological polar surface area (TPSA) is 65.8 Å². The minimum atomic E-state index is -0.276. The molecule has 1 saturated heterocycles. The Kier molecular flexibility index (Phi) is 5.53. The van der Waals surface area contributed by atoms with Gasteiger partial charge in [-0.05, 0) is 24.8 Å². The average Bonchev–Trinajstić information content (AvgIpc) is 3.35. The maximum absolute atomic E-state index is 12.8. The summed E-state index contributed by atoms with van der Waals surface area (Å²) in [6.45, 7) is 2.60. The van der Waals surface area contributed by atoms with Gasteiger partial charge in [-0.25, -0.2) is 0 Å². The number of carbonyl (C=O) groups is 1. The number of hydrogen-bond donors (Lipinski definition) is 1. The van der Waals surface area contributed by atoms with Crippen molar-refractivity contribution in [2.24, 2.45) is 17.5 Å². The second-order valence-corrected chi connectivity index (χ2v) is 7.97. The van der Waals surface area contributed by atoms with Crippen LogP contribution in [0.15, 0.2) is 17.4 Å². The monoisotopic (exact) mass is 360 g/mol. The lowest BCUT2D eigenvalue weighted by Crippen LogP contribution is -2.49. The molecule has 1 amide bonds. The van der Waals surface area contributed by atoms with Crippen LogP contribution < -0.4 is 5.32 Å². The number of carbonyl (C=O) groups excluding carboxylic acids is 1. The smallest absolute Gasteiger partial charge is 0.230 e. The van der Waals surface area contributed by atoms with Gasteiger partial charge >= 0.3 is 0 Å². The number of amides is 1. The van der Waals surface area contributed by atoms with Crippen LogP contribution in [0, 0.1) is 5.41 Å². The fourth-order valence-corrected chi connectivity index (χ4v) is 4.45. The molecule has 0 aromatic carbocycles. The molecule has 1 atom stereocenters. The molecule has 1 N–H and O–H groups in total. The van der Waals surface area contributed by atoms with Crippen LogP contribution in [0.3, 0.4) is 0 Å². The van der Waals surface area contributed by atoms with E-state index < -0.39 is 0 Å². The van der Waals surface area contributed by atoms with Gasteiger partial charge in [-0.15, -0.1) is 0 Å². The number of hydrogen-bond acceptors (Lipinski definition) is 3. The van der Waals surface area contributed by atoms with Crippen molar-refractivity contribution in [3.05, 3.63) is 18.0 Å². The Bertz CT molecular complexity index is 659. The first-order valence-corrected chi connectivity index (χ1v) is 9.61. The maximum atomic E-state index is 12.8. The predicted molar refractivity (Wildman–Crippen MR) is 103 cm³/mol. The zero-order valence-electron chi connectivity index (χ0n) is 16.5. The summed E-state index contributed by atoms with van der Waals surface area (Å²) in [5.41, 5.74) is 1.02. The molecule has 1 aromatic rings. The van der Waals surface area contributed by atoms with Crippen LogP contribution >= 0.6 is 0 Å². The molecule has 144 valence electrons. The zero-order chi connectivity index (χ0) is 18.7. The van der Waals surface area contributed by atoms with Crippen molar-refractivity contribution in [2.75, 3.05) is 40.8 Å². The summed E-state index contributed by atoms with van der Waals surface area (Å²) in [5, 5.41) is 7.81. The molecule has 7 nitrogen and oxygen atoms in total. The number of aryl methyl sites for hydroxylation is 1. The molecule has 26 heavy (non-hydrogen) atoms. The number of aliphatic imine (C=N–C) groups is 1. The molecular weight excluding hydrogens is 328 g/mol. The summed E-state index contributed by atoms with van der Waals surface area (Å²) in [6, 6.07) is 0. The lowest BCUT2D eigenvalue weighted by atomic mass is 9.84. The van der Waals surface area contributed by atoms with E-state index in [4.69, 9.17) is 0 Å². The number of rotatable bonds is 4. The van der Waals surface area contributed by atoms with Crippen molar-refractivity contribution < 1.29 is 4.79 Å². The second kappa shape index (κ2) is 7.68. The van der Waals surface area contributed by atoms with Gasteiger partial charge in [0.25, 0.3) is 0 Å². The number of nitrogens with zero attached hydrogens (tertiary/aromatic N) is 5. The predicted octanol–water partition coefficient (Wildman–Crippen LogP) is 1.43. The minimum Gasteiger partial charge on any atom is -0.355 e. The maximum Gasteiger partial charge on any atom is 0.230 e. The highest BCUT2D eigenvalue weighted by molar-refractivity contribution is 5.85. The molecule has 1 saturated carbocycles. The summed E-state index contributed by atoms with van der Waals surface area (Å²) in [6.07, 6.45) is 9.37. The molecule has 1 aliphatic heterocycles. The van der Waals surface area contributed by atoms with Gasteiger partial charge in [0.2, 0.25) is 5.91 Å². The van der Waals surface area contributed by atoms with E-state index in [1.165, 1.54) is 5.56 Å². The van der Waals surface area contributed by atoms with Crippen molar-refractivity contribution in [2.45, 2.75) is 38.0 Å². The summed E-state index contributed by atoms with van der Waals surface area (Å²) in [4.78, 5) is 21.3. The van der Waals surface area contributed by atoms with Gasteiger partial charge in [-0.2, -0.15) is 5.10 Å². The summed E-state index contributed by atoms with van der Waals surface area (Å²) in [5.74, 6) is 1.65. The van der Waals surface area contributed by atoms with Crippen molar-refractivity contribution in [3.8, 4) is 0 Å². The van der Waals surface area contributed by atoms with Crippen LogP contribution in [0.1, 0.15) is 43.6 Å². The number of guanidine groups is 1. The van der Waals surface area contributed by atoms with E-state index in [-0.39, 0.29) is 11.3 Å². The first-order chi connectivity index (χ1) is 12.4. The quantitative estimate of drug-likeness (QED) is 0.652. The third-order valence-corrected chi connectivity index (χ3v) is 5.90. The molecule has 0 radical (unpaired) electrons. The molecule has 0 bridgehead atoms. The Hall–Kier alpha value is -2.05. The number of nitrogens with one attached hydrogen (secondary N) is 1. The first-order valence-electron chi connectivity index (χ1n) is 9.61. The molecule has 1 aliphatic carbocycles. The van der Waals surface area contributed by atoms with Crippen LogP contribution in [-0.4, -0.2) is 72.2 Å².